The fourth-order valence-corrected chi connectivity index (χ4v) is 5.19. The largest absolute Gasteiger partial charge is 0.507 e. The maximum atomic E-state index is 13.4. The van der Waals surface area contributed by atoms with Gasteiger partial charge in [0.05, 0.1) is 37.6 Å². The van der Waals surface area contributed by atoms with E-state index in [0.29, 0.717) is 34.9 Å². The summed E-state index contributed by atoms with van der Waals surface area (Å²) in [4.78, 5) is 45.1. The van der Waals surface area contributed by atoms with Crippen LogP contribution in [-0.4, -0.2) is 48.1 Å². The van der Waals surface area contributed by atoms with Gasteiger partial charge in [-0.1, -0.05) is 36.8 Å². The van der Waals surface area contributed by atoms with Crippen molar-refractivity contribution in [2.75, 3.05) is 25.2 Å². The Morgan fingerprint density at radius 1 is 1.05 bits per heavy atom. The molecule has 0 spiro atoms. The number of benzene rings is 2. The van der Waals surface area contributed by atoms with E-state index in [0.717, 1.165) is 24.2 Å². The average molecular weight is 551 g/mol. The summed E-state index contributed by atoms with van der Waals surface area (Å²) in [5, 5.41) is 11.5. The van der Waals surface area contributed by atoms with E-state index >= 15 is 0 Å². The van der Waals surface area contributed by atoms with Crippen molar-refractivity contribution in [2.24, 2.45) is 0 Å². The summed E-state index contributed by atoms with van der Waals surface area (Å²) in [6, 6.07) is 12.5. The molecule has 1 N–H and O–H groups in total. The zero-order chi connectivity index (χ0) is 28.1. The summed E-state index contributed by atoms with van der Waals surface area (Å²) in [7, 11) is 1.53. The van der Waals surface area contributed by atoms with E-state index in [1.165, 1.54) is 12.0 Å². The van der Waals surface area contributed by atoms with Crippen LogP contribution in [0.15, 0.2) is 54.1 Å². The van der Waals surface area contributed by atoms with Gasteiger partial charge >= 0.3 is 11.9 Å². The van der Waals surface area contributed by atoms with Crippen LogP contribution in [0.1, 0.15) is 59.2 Å². The van der Waals surface area contributed by atoms with E-state index in [-0.39, 0.29) is 27.9 Å². The molecule has 0 radical (unpaired) electrons. The van der Waals surface area contributed by atoms with Crippen molar-refractivity contribution < 1.29 is 33.7 Å². The first kappa shape index (κ1) is 27.8. The molecule has 2 aromatic carbocycles. The van der Waals surface area contributed by atoms with Gasteiger partial charge in [-0.25, -0.2) is 9.78 Å². The number of aromatic nitrogens is 1. The second kappa shape index (κ2) is 12.1. The molecule has 9 nitrogen and oxygen atoms in total. The number of esters is 1. The smallest absolute Gasteiger partial charge is 0.350 e. The summed E-state index contributed by atoms with van der Waals surface area (Å²) in [6.07, 6.45) is 1.92. The number of ether oxygens (including phenoxy) is 3. The minimum Gasteiger partial charge on any atom is -0.507 e. The van der Waals surface area contributed by atoms with Crippen LogP contribution in [0, 0.1) is 6.92 Å². The lowest BCUT2D eigenvalue weighted by molar-refractivity contribution is -0.132. The predicted molar refractivity (Wildman–Crippen MR) is 147 cm³/mol. The number of rotatable bonds is 10. The van der Waals surface area contributed by atoms with Gasteiger partial charge in [-0.2, -0.15) is 0 Å². The maximum Gasteiger partial charge on any atom is 0.350 e. The number of carbonyl (C=O) groups excluding carboxylic acids is 3. The highest BCUT2D eigenvalue weighted by Gasteiger charge is 2.48. The van der Waals surface area contributed by atoms with E-state index in [1.54, 1.807) is 62.4 Å². The molecule has 0 unspecified atom stereocenters. The molecular formula is C29H30N2O7S. The molecule has 1 aliphatic rings. The Morgan fingerprint density at radius 2 is 1.72 bits per heavy atom. The third-order valence-corrected chi connectivity index (χ3v) is 7.36. The second-order valence-electron chi connectivity index (χ2n) is 8.80. The number of methoxy groups -OCH3 is 1. The standard InChI is InChI=1S/C29H30N2O7S/c1-5-7-16-38-21-14-10-19(11-15-21)24(32)22-23(18-8-12-20(36-4)13-9-18)31(27(34)25(22)33)29-30-17(3)26(39-29)28(35)37-6-2/h8-15,23,32H,5-7,16H2,1-4H3/t23-/m0/s1. The molecule has 0 bridgehead atoms. The van der Waals surface area contributed by atoms with E-state index < -0.39 is 23.7 Å². The average Bonchev–Trinajstić information content (AvgIpc) is 3.45. The summed E-state index contributed by atoms with van der Waals surface area (Å²) in [5.41, 5.74) is 1.20. The van der Waals surface area contributed by atoms with Crippen molar-refractivity contribution in [3.63, 3.8) is 0 Å². The number of amides is 1. The lowest BCUT2D eigenvalue weighted by Gasteiger charge is -2.23. The van der Waals surface area contributed by atoms with Crippen molar-refractivity contribution in [1.29, 1.82) is 0 Å². The van der Waals surface area contributed by atoms with Crippen LogP contribution >= 0.6 is 11.3 Å². The van der Waals surface area contributed by atoms with Crippen molar-refractivity contribution in [3.8, 4) is 11.5 Å². The van der Waals surface area contributed by atoms with Gasteiger partial charge in [-0.05, 0) is 62.2 Å². The maximum absolute atomic E-state index is 13.4. The highest BCUT2D eigenvalue weighted by Crippen LogP contribution is 2.44. The molecule has 3 aromatic rings. The molecule has 0 saturated carbocycles. The number of thiazole rings is 1. The monoisotopic (exact) mass is 550 g/mol. The van der Waals surface area contributed by atoms with Gasteiger partial charge in [0.25, 0.3) is 5.78 Å². The van der Waals surface area contributed by atoms with E-state index in [4.69, 9.17) is 14.2 Å². The molecule has 204 valence electrons. The predicted octanol–water partition coefficient (Wildman–Crippen LogP) is 5.44. The number of aryl methyl sites for hydroxylation is 1. The third kappa shape index (κ3) is 5.65. The number of aliphatic hydroxyl groups is 1. The Kier molecular flexibility index (Phi) is 8.65. The molecule has 39 heavy (non-hydrogen) atoms. The number of aliphatic hydroxyl groups excluding tert-OH is 1. The molecule has 2 heterocycles. The van der Waals surface area contributed by atoms with Gasteiger partial charge in [-0.15, -0.1) is 0 Å². The first-order valence-corrected chi connectivity index (χ1v) is 13.4. The van der Waals surface area contributed by atoms with Crippen LogP contribution < -0.4 is 14.4 Å². The number of carbonyl (C=O) groups is 3. The molecule has 1 amide bonds. The Bertz CT molecular complexity index is 1390. The summed E-state index contributed by atoms with van der Waals surface area (Å²) >= 11 is 0.959. The van der Waals surface area contributed by atoms with Gasteiger partial charge in [-0.3, -0.25) is 14.5 Å². The van der Waals surface area contributed by atoms with Crippen molar-refractivity contribution in [3.05, 3.63) is 75.8 Å². The molecule has 1 aliphatic heterocycles. The summed E-state index contributed by atoms with van der Waals surface area (Å²) in [5.74, 6) is -1.38. The fraction of sp³-hybridized carbons (Fsp3) is 0.310. The number of unbranched alkanes of at least 4 members (excludes halogenated alkanes) is 1. The molecule has 1 fully saturated rings. The van der Waals surface area contributed by atoms with Gasteiger partial charge in [0.2, 0.25) is 0 Å². The summed E-state index contributed by atoms with van der Waals surface area (Å²) < 4.78 is 16.1. The molecule has 1 atom stereocenters. The quantitative estimate of drug-likeness (QED) is 0.117. The Labute approximate surface area is 230 Å². The minimum atomic E-state index is -0.989. The zero-order valence-electron chi connectivity index (χ0n) is 22.2. The van der Waals surface area contributed by atoms with Crippen LogP contribution in [0.2, 0.25) is 0 Å². The molecule has 0 aliphatic carbocycles. The Morgan fingerprint density at radius 3 is 2.33 bits per heavy atom. The van der Waals surface area contributed by atoms with Crippen molar-refractivity contribution >= 4 is 39.9 Å². The highest BCUT2D eigenvalue weighted by atomic mass is 32.1. The number of nitrogens with zero attached hydrogens (tertiary/aromatic N) is 2. The van der Waals surface area contributed by atoms with E-state index in [9.17, 15) is 19.5 Å². The first-order valence-electron chi connectivity index (χ1n) is 12.6. The van der Waals surface area contributed by atoms with Gasteiger partial charge in [0, 0.05) is 5.56 Å². The number of Topliss-reactive ketones (excluding diaryl/α,β-unsaturated/α-hetero) is 1. The van der Waals surface area contributed by atoms with Gasteiger partial charge in [0.1, 0.15) is 22.1 Å². The van der Waals surface area contributed by atoms with Gasteiger partial charge in [0.15, 0.2) is 5.13 Å². The minimum absolute atomic E-state index is 0.0876. The number of hydrogen-bond donors (Lipinski definition) is 1. The number of anilines is 1. The molecule has 1 saturated heterocycles. The van der Waals surface area contributed by atoms with Crippen LogP contribution in [0.25, 0.3) is 5.76 Å². The first-order chi connectivity index (χ1) is 18.8. The van der Waals surface area contributed by atoms with E-state index in [2.05, 4.69) is 11.9 Å². The number of ketones is 1. The second-order valence-corrected chi connectivity index (χ2v) is 9.78. The van der Waals surface area contributed by atoms with E-state index in [1.807, 2.05) is 0 Å². The normalized spacial score (nSPS) is 16.4. The van der Waals surface area contributed by atoms with Crippen molar-refractivity contribution in [2.45, 2.75) is 39.7 Å². The molecule has 1 aromatic heterocycles. The fourth-order valence-electron chi connectivity index (χ4n) is 4.20. The Hall–Kier alpha value is -4.18. The van der Waals surface area contributed by atoms with Crippen molar-refractivity contribution in [1.82, 2.24) is 4.98 Å². The topological polar surface area (TPSA) is 115 Å². The van der Waals surface area contributed by atoms with Crippen LogP contribution in [0.3, 0.4) is 0 Å². The number of hydrogen-bond acceptors (Lipinski definition) is 9. The van der Waals surface area contributed by atoms with Crippen LogP contribution in [0.5, 0.6) is 11.5 Å². The third-order valence-electron chi connectivity index (χ3n) is 6.22. The lowest BCUT2D eigenvalue weighted by Crippen LogP contribution is -2.29. The zero-order valence-corrected chi connectivity index (χ0v) is 23.0. The highest BCUT2D eigenvalue weighted by molar-refractivity contribution is 7.17. The SMILES string of the molecule is CCCCOc1ccc(C(O)=C2C(=O)C(=O)N(c3nc(C)c(C(=O)OCC)s3)[C@H]2c2ccc(OC)cc2)cc1. The van der Waals surface area contributed by atoms with Crippen LogP contribution in [0.4, 0.5) is 5.13 Å². The lowest BCUT2D eigenvalue weighted by atomic mass is 9.95. The molecule has 4 rings (SSSR count). The Balaban J connectivity index is 1.81. The molecular weight excluding hydrogens is 520 g/mol. The summed E-state index contributed by atoms with van der Waals surface area (Å²) in [6.45, 7) is 6.16. The van der Waals surface area contributed by atoms with Crippen LogP contribution in [-0.2, 0) is 14.3 Å². The molecule has 10 heteroatoms. The van der Waals surface area contributed by atoms with Gasteiger partial charge < -0.3 is 19.3 Å².